The van der Waals surface area contributed by atoms with Gasteiger partial charge in [0.2, 0.25) is 11.8 Å². The smallest absolute Gasteiger partial charge is 0.408 e. The van der Waals surface area contributed by atoms with Crippen LogP contribution < -0.4 is 10.6 Å². The number of rotatable bonds is 11. The highest BCUT2D eigenvalue weighted by Crippen LogP contribution is 2.25. The molecule has 9 heteroatoms. The molecule has 0 aliphatic rings. The van der Waals surface area contributed by atoms with Gasteiger partial charge in [0.05, 0.1) is 13.0 Å². The van der Waals surface area contributed by atoms with Gasteiger partial charge in [0.15, 0.2) is 0 Å². The van der Waals surface area contributed by atoms with Gasteiger partial charge in [-0.3, -0.25) is 14.4 Å². The van der Waals surface area contributed by atoms with Crippen LogP contribution in [0.1, 0.15) is 58.2 Å². The number of carbonyl (C=O) groups excluding carboxylic acids is 4. The fourth-order valence-electron chi connectivity index (χ4n) is 3.22. The predicted octanol–water partition coefficient (Wildman–Crippen LogP) is 3.03. The van der Waals surface area contributed by atoms with Crippen LogP contribution in [-0.4, -0.2) is 60.1 Å². The Hall–Kier alpha value is -3.36. The third-order valence-corrected chi connectivity index (χ3v) is 4.69. The maximum Gasteiger partial charge on any atom is 0.408 e. The van der Waals surface area contributed by atoms with E-state index in [2.05, 4.69) is 17.2 Å². The SMILES string of the molecule is C=CCN(C(=O)C(C)NC(=O)OC(C)(C)C)C(C(=O)NCCC(=O)OCC)c1ccccc1C. The number of hydrogen-bond donors (Lipinski definition) is 2. The van der Waals surface area contributed by atoms with Crippen molar-refractivity contribution < 1.29 is 28.7 Å². The minimum Gasteiger partial charge on any atom is -0.466 e. The lowest BCUT2D eigenvalue weighted by Crippen LogP contribution is -2.52. The molecule has 3 amide bonds. The molecule has 0 radical (unpaired) electrons. The number of nitrogens with zero attached hydrogens (tertiary/aromatic N) is 1. The average Bonchev–Trinajstić information content (AvgIpc) is 2.72. The molecule has 0 aromatic heterocycles. The third-order valence-electron chi connectivity index (χ3n) is 4.69. The van der Waals surface area contributed by atoms with E-state index in [0.717, 1.165) is 5.56 Å². The summed E-state index contributed by atoms with van der Waals surface area (Å²) in [5.41, 5.74) is 0.703. The second-order valence-electron chi connectivity index (χ2n) is 8.75. The summed E-state index contributed by atoms with van der Waals surface area (Å²) in [5, 5.41) is 5.25. The van der Waals surface area contributed by atoms with Crippen LogP contribution in [0.15, 0.2) is 36.9 Å². The fraction of sp³-hybridized carbons (Fsp3) is 0.520. The van der Waals surface area contributed by atoms with Gasteiger partial charge in [0, 0.05) is 13.1 Å². The third kappa shape index (κ3) is 9.25. The summed E-state index contributed by atoms with van der Waals surface area (Å²) in [5.74, 6) is -1.37. The lowest BCUT2D eigenvalue weighted by molar-refractivity contribution is -0.144. The van der Waals surface area contributed by atoms with E-state index in [0.29, 0.717) is 5.56 Å². The van der Waals surface area contributed by atoms with E-state index in [4.69, 9.17) is 9.47 Å². The lowest BCUT2D eigenvalue weighted by atomic mass is 9.98. The summed E-state index contributed by atoms with van der Waals surface area (Å²) in [7, 11) is 0. The lowest BCUT2D eigenvalue weighted by Gasteiger charge is -2.33. The predicted molar refractivity (Wildman–Crippen MR) is 129 cm³/mol. The summed E-state index contributed by atoms with van der Waals surface area (Å²) in [6, 6.07) is 5.25. The van der Waals surface area contributed by atoms with Crippen LogP contribution in [0.2, 0.25) is 0 Å². The Morgan fingerprint density at radius 2 is 1.82 bits per heavy atom. The van der Waals surface area contributed by atoms with Crippen molar-refractivity contribution >= 4 is 23.9 Å². The van der Waals surface area contributed by atoms with Gasteiger partial charge in [-0.2, -0.15) is 0 Å². The summed E-state index contributed by atoms with van der Waals surface area (Å²) < 4.78 is 10.1. The number of benzene rings is 1. The number of carbonyl (C=O) groups is 4. The molecule has 0 heterocycles. The minimum absolute atomic E-state index is 0.00603. The quantitative estimate of drug-likeness (QED) is 0.376. The van der Waals surface area contributed by atoms with Crippen LogP contribution in [0.25, 0.3) is 0 Å². The highest BCUT2D eigenvalue weighted by molar-refractivity contribution is 5.92. The Balaban J connectivity index is 3.18. The zero-order valence-corrected chi connectivity index (χ0v) is 21.0. The molecule has 9 nitrogen and oxygen atoms in total. The first-order chi connectivity index (χ1) is 15.9. The molecular formula is C25H37N3O6. The molecule has 2 atom stereocenters. The first-order valence-electron chi connectivity index (χ1n) is 11.3. The largest absolute Gasteiger partial charge is 0.466 e. The zero-order valence-electron chi connectivity index (χ0n) is 21.0. The van der Waals surface area contributed by atoms with E-state index >= 15 is 0 Å². The molecule has 0 saturated carbocycles. The van der Waals surface area contributed by atoms with Crippen LogP contribution in [0.5, 0.6) is 0 Å². The molecule has 1 aromatic rings. The van der Waals surface area contributed by atoms with Crippen molar-refractivity contribution in [3.05, 3.63) is 48.0 Å². The molecule has 0 bridgehead atoms. The Bertz CT molecular complexity index is 878. The molecule has 188 valence electrons. The number of hydrogen-bond acceptors (Lipinski definition) is 6. The van der Waals surface area contributed by atoms with Crippen molar-refractivity contribution in [2.45, 2.75) is 65.6 Å². The summed E-state index contributed by atoms with van der Waals surface area (Å²) in [4.78, 5) is 51.9. The van der Waals surface area contributed by atoms with E-state index in [-0.39, 0.29) is 26.1 Å². The molecule has 0 saturated heterocycles. The Labute approximate surface area is 201 Å². The first kappa shape index (κ1) is 28.7. The second kappa shape index (κ2) is 13.4. The first-order valence-corrected chi connectivity index (χ1v) is 11.3. The number of nitrogens with one attached hydrogen (secondary N) is 2. The number of alkyl carbamates (subject to hydrolysis) is 1. The van der Waals surface area contributed by atoms with E-state index in [1.165, 1.54) is 17.9 Å². The van der Waals surface area contributed by atoms with Crippen LogP contribution in [-0.2, 0) is 23.9 Å². The van der Waals surface area contributed by atoms with E-state index in [9.17, 15) is 19.2 Å². The molecule has 34 heavy (non-hydrogen) atoms. The standard InChI is InChI=1S/C25H37N3O6/c1-8-16-28(23(31)18(4)27-24(32)34-25(5,6)7)21(19-13-11-10-12-17(19)3)22(30)26-15-14-20(29)33-9-2/h8,10-13,18,21H,1,9,14-16H2,2-7H3,(H,26,30)(H,27,32). The minimum atomic E-state index is -1.00. The Morgan fingerprint density at radius 1 is 1.18 bits per heavy atom. The second-order valence-corrected chi connectivity index (χ2v) is 8.75. The molecule has 0 spiro atoms. The van der Waals surface area contributed by atoms with Crippen molar-refractivity contribution in [2.75, 3.05) is 19.7 Å². The van der Waals surface area contributed by atoms with Crippen molar-refractivity contribution in [1.29, 1.82) is 0 Å². The van der Waals surface area contributed by atoms with E-state index < -0.39 is 41.6 Å². The number of esters is 1. The number of amides is 3. The summed E-state index contributed by atoms with van der Waals surface area (Å²) >= 11 is 0. The van der Waals surface area contributed by atoms with Gasteiger partial charge < -0.3 is 25.0 Å². The van der Waals surface area contributed by atoms with Gasteiger partial charge in [-0.25, -0.2) is 4.79 Å². The van der Waals surface area contributed by atoms with Crippen LogP contribution in [0, 0.1) is 6.92 Å². The highest BCUT2D eigenvalue weighted by Gasteiger charge is 2.34. The van der Waals surface area contributed by atoms with Gasteiger partial charge in [0.1, 0.15) is 17.7 Å². The van der Waals surface area contributed by atoms with Gasteiger partial charge >= 0.3 is 12.1 Å². The van der Waals surface area contributed by atoms with Crippen molar-refractivity contribution in [3.63, 3.8) is 0 Å². The fourth-order valence-corrected chi connectivity index (χ4v) is 3.22. The zero-order chi connectivity index (χ0) is 25.9. The van der Waals surface area contributed by atoms with Gasteiger partial charge in [-0.15, -0.1) is 6.58 Å². The summed E-state index contributed by atoms with van der Waals surface area (Å²) in [6.07, 6.45) is 0.777. The normalized spacial score (nSPS) is 12.6. The molecule has 0 aliphatic heterocycles. The van der Waals surface area contributed by atoms with Gasteiger partial charge in [-0.05, 0) is 52.7 Å². The molecule has 0 aliphatic carbocycles. The van der Waals surface area contributed by atoms with Gasteiger partial charge in [-0.1, -0.05) is 30.3 Å². The maximum atomic E-state index is 13.4. The molecule has 2 unspecified atom stereocenters. The monoisotopic (exact) mass is 475 g/mol. The van der Waals surface area contributed by atoms with Crippen molar-refractivity contribution in [3.8, 4) is 0 Å². The van der Waals surface area contributed by atoms with Crippen molar-refractivity contribution in [1.82, 2.24) is 15.5 Å². The van der Waals surface area contributed by atoms with Gasteiger partial charge in [0.25, 0.3) is 0 Å². The molecular weight excluding hydrogens is 438 g/mol. The number of ether oxygens (including phenoxy) is 2. The van der Waals surface area contributed by atoms with Crippen molar-refractivity contribution in [2.24, 2.45) is 0 Å². The topological polar surface area (TPSA) is 114 Å². The summed E-state index contributed by atoms with van der Waals surface area (Å²) in [6.45, 7) is 14.3. The van der Waals surface area contributed by atoms with Crippen LogP contribution >= 0.6 is 0 Å². The maximum absolute atomic E-state index is 13.4. The van der Waals surface area contributed by atoms with Crippen LogP contribution in [0.4, 0.5) is 4.79 Å². The molecule has 1 aromatic carbocycles. The Morgan fingerprint density at radius 3 is 2.38 bits per heavy atom. The molecule has 1 rings (SSSR count). The van der Waals surface area contributed by atoms with Crippen LogP contribution in [0.3, 0.4) is 0 Å². The van der Waals surface area contributed by atoms with E-state index in [1.54, 1.807) is 39.8 Å². The molecule has 0 fully saturated rings. The van der Waals surface area contributed by atoms with E-state index in [1.807, 2.05) is 19.1 Å². The Kier molecular flexibility index (Phi) is 11.3. The highest BCUT2D eigenvalue weighted by atomic mass is 16.6. The molecule has 2 N–H and O–H groups in total. The average molecular weight is 476 g/mol. The number of aryl methyl sites for hydroxylation is 1.